The van der Waals surface area contributed by atoms with Crippen molar-refractivity contribution < 1.29 is 15.3 Å². The summed E-state index contributed by atoms with van der Waals surface area (Å²) in [6.07, 6.45) is 3.53. The van der Waals surface area contributed by atoms with Gasteiger partial charge >= 0.3 is 0 Å². The summed E-state index contributed by atoms with van der Waals surface area (Å²) >= 11 is 0. The van der Waals surface area contributed by atoms with Crippen LogP contribution in [0.4, 0.5) is 0 Å². The van der Waals surface area contributed by atoms with Gasteiger partial charge in [0.15, 0.2) is 5.75 Å². The van der Waals surface area contributed by atoms with E-state index in [1.165, 1.54) is 12.1 Å². The van der Waals surface area contributed by atoms with E-state index in [2.05, 4.69) is 0 Å². The number of rotatable bonds is 2. The molecule has 0 unspecified atom stereocenters. The van der Waals surface area contributed by atoms with Gasteiger partial charge in [-0.1, -0.05) is 24.3 Å². The molecule has 0 atom stereocenters. The highest BCUT2D eigenvalue weighted by Crippen LogP contribution is 2.22. The highest BCUT2D eigenvalue weighted by Gasteiger charge is 1.97. The van der Waals surface area contributed by atoms with E-state index in [4.69, 9.17) is 5.11 Å². The molecule has 0 amide bonds. The molecule has 0 fully saturated rings. The molecule has 2 aromatic carbocycles. The molecule has 3 heteroatoms. The first-order chi connectivity index (χ1) is 8.13. The zero-order valence-electron chi connectivity index (χ0n) is 9.00. The molecule has 0 saturated carbocycles. The molecule has 2 rings (SSSR count). The molecule has 17 heavy (non-hydrogen) atoms. The van der Waals surface area contributed by atoms with E-state index >= 15 is 0 Å². The Labute approximate surface area is 98.9 Å². The molecule has 0 aliphatic carbocycles. The molecular weight excluding hydrogens is 216 g/mol. The Balaban J connectivity index is 2.22. The molecule has 85 valence electrons. The van der Waals surface area contributed by atoms with Gasteiger partial charge < -0.3 is 10.2 Å². The topological polar surface area (TPSA) is 60.4 Å². The molecule has 0 aliphatic heterocycles. The fourth-order valence-electron chi connectivity index (χ4n) is 1.48. The Kier molecular flexibility index (Phi) is 3.01. The van der Waals surface area contributed by atoms with Gasteiger partial charge in [-0.3, -0.25) is 5.11 Å². The van der Waals surface area contributed by atoms with Crippen molar-refractivity contribution >= 4 is 12.2 Å². The molecule has 3 nitrogen and oxygen atoms in total. The van der Waals surface area contributed by atoms with Gasteiger partial charge in [-0.15, -0.1) is 0 Å². The highest BCUT2D eigenvalue weighted by atomic mass is 16.3. The Morgan fingerprint density at radius 3 is 2.06 bits per heavy atom. The van der Waals surface area contributed by atoms with Crippen LogP contribution >= 0.6 is 0 Å². The van der Waals surface area contributed by atoms with Crippen LogP contribution in [0.5, 0.6) is 17.2 Å². The lowest BCUT2D eigenvalue weighted by Gasteiger charge is -1.97. The second-order valence-electron chi connectivity index (χ2n) is 3.69. The fourth-order valence-corrected chi connectivity index (χ4v) is 1.48. The zero-order valence-corrected chi connectivity index (χ0v) is 9.00. The van der Waals surface area contributed by atoms with Crippen LogP contribution in [0.1, 0.15) is 11.1 Å². The van der Waals surface area contributed by atoms with E-state index in [-0.39, 0.29) is 17.2 Å². The van der Waals surface area contributed by atoms with Gasteiger partial charge in [0.05, 0.1) is 0 Å². The van der Waals surface area contributed by atoms with E-state index in [1.54, 1.807) is 36.4 Å². The maximum Gasteiger partial charge on any atom is 0.182 e. The molecule has 2 aromatic rings. The lowest BCUT2D eigenvalue weighted by molar-refractivity contribution is 0.351. The van der Waals surface area contributed by atoms with E-state index in [0.29, 0.717) is 5.56 Å². The molecule has 0 spiro atoms. The summed E-state index contributed by atoms with van der Waals surface area (Å²) < 4.78 is 0. The summed E-state index contributed by atoms with van der Waals surface area (Å²) in [5.74, 6) is -0.0560. The lowest BCUT2D eigenvalue weighted by atomic mass is 10.1. The molecule has 0 bridgehead atoms. The predicted octanol–water partition coefficient (Wildman–Crippen LogP) is 3.41. The van der Waals surface area contributed by atoms with Crippen molar-refractivity contribution in [2.75, 3.05) is 0 Å². The third kappa shape index (κ3) is 3.01. The van der Waals surface area contributed by atoms with Gasteiger partial charge in [-0.2, -0.15) is 0 Å². The minimum absolute atomic E-state index is 0.0390. The first kappa shape index (κ1) is 11.1. The first-order valence-corrected chi connectivity index (χ1v) is 5.12. The molecule has 0 saturated heterocycles. The van der Waals surface area contributed by atoms with E-state index in [0.717, 1.165) is 11.6 Å². The number of hydrogen-bond acceptors (Lipinski definition) is 2. The van der Waals surface area contributed by atoms with Gasteiger partial charge in [0.2, 0.25) is 0 Å². The molecule has 1 radical (unpaired) electrons. The van der Waals surface area contributed by atoms with Crippen molar-refractivity contribution in [3.63, 3.8) is 0 Å². The molecule has 0 aromatic heterocycles. The number of aromatic hydroxyl groups is 2. The van der Waals surface area contributed by atoms with Gasteiger partial charge in [0.1, 0.15) is 11.5 Å². The molecular formula is C14H11O3. The minimum Gasteiger partial charge on any atom is -0.508 e. The third-order valence-corrected chi connectivity index (χ3v) is 2.27. The van der Waals surface area contributed by atoms with Crippen LogP contribution in [0.15, 0.2) is 42.5 Å². The number of phenols is 2. The van der Waals surface area contributed by atoms with Gasteiger partial charge in [0, 0.05) is 6.07 Å². The minimum atomic E-state index is -0.227. The summed E-state index contributed by atoms with van der Waals surface area (Å²) in [4.78, 5) is 0. The predicted molar refractivity (Wildman–Crippen MR) is 65.3 cm³/mol. The summed E-state index contributed by atoms with van der Waals surface area (Å²) in [5, 5.41) is 29.5. The Hall–Kier alpha value is -2.42. The summed E-state index contributed by atoms with van der Waals surface area (Å²) in [6.45, 7) is 0. The van der Waals surface area contributed by atoms with Crippen molar-refractivity contribution in [1.82, 2.24) is 0 Å². The standard InChI is InChI=1S/C14H11O3/c15-12-5-3-10(4-6-12)1-2-11-7-13(16)9-14(17)8-11/h1-9,15-16H/b2-1+. The van der Waals surface area contributed by atoms with Crippen LogP contribution in [0.25, 0.3) is 12.2 Å². The maximum absolute atomic E-state index is 11.1. The fraction of sp³-hybridized carbons (Fsp3) is 0. The summed E-state index contributed by atoms with van der Waals surface area (Å²) in [5.41, 5.74) is 1.54. The van der Waals surface area contributed by atoms with E-state index in [9.17, 15) is 10.2 Å². The Bertz CT molecular complexity index is 522. The number of hydrogen-bond donors (Lipinski definition) is 2. The molecule has 0 heterocycles. The van der Waals surface area contributed by atoms with E-state index < -0.39 is 0 Å². The monoisotopic (exact) mass is 227 g/mol. The first-order valence-electron chi connectivity index (χ1n) is 5.12. The van der Waals surface area contributed by atoms with Crippen LogP contribution in [-0.4, -0.2) is 10.2 Å². The van der Waals surface area contributed by atoms with Gasteiger partial charge in [-0.25, -0.2) is 0 Å². The SMILES string of the molecule is [O]c1cc(O)cc(/C=C/c2ccc(O)cc2)c1. The second kappa shape index (κ2) is 4.61. The Morgan fingerprint density at radius 2 is 1.41 bits per heavy atom. The normalized spacial score (nSPS) is 10.8. The van der Waals surface area contributed by atoms with Crippen LogP contribution < -0.4 is 0 Å². The lowest BCUT2D eigenvalue weighted by Crippen LogP contribution is -1.74. The molecule has 2 N–H and O–H groups in total. The van der Waals surface area contributed by atoms with Gasteiger partial charge in [-0.05, 0) is 35.4 Å². The van der Waals surface area contributed by atoms with Crippen molar-refractivity contribution in [2.45, 2.75) is 0 Å². The van der Waals surface area contributed by atoms with E-state index in [1.807, 2.05) is 0 Å². The summed E-state index contributed by atoms with van der Waals surface area (Å²) in [6, 6.07) is 10.8. The quantitative estimate of drug-likeness (QED) is 0.772. The number of phenolic OH excluding ortho intramolecular Hbond substituents is 2. The second-order valence-corrected chi connectivity index (χ2v) is 3.69. The Morgan fingerprint density at radius 1 is 0.765 bits per heavy atom. The van der Waals surface area contributed by atoms with Crippen molar-refractivity contribution in [2.24, 2.45) is 0 Å². The van der Waals surface area contributed by atoms with Crippen LogP contribution in [0.2, 0.25) is 0 Å². The highest BCUT2D eigenvalue weighted by molar-refractivity contribution is 5.71. The zero-order chi connectivity index (χ0) is 12.3. The maximum atomic E-state index is 11.1. The number of benzene rings is 2. The van der Waals surface area contributed by atoms with Crippen LogP contribution in [0.3, 0.4) is 0 Å². The molecule has 0 aliphatic rings. The van der Waals surface area contributed by atoms with Crippen molar-refractivity contribution in [3.05, 3.63) is 53.6 Å². The van der Waals surface area contributed by atoms with Crippen LogP contribution in [-0.2, 0) is 5.11 Å². The van der Waals surface area contributed by atoms with Crippen molar-refractivity contribution in [3.8, 4) is 17.2 Å². The van der Waals surface area contributed by atoms with Crippen LogP contribution in [0, 0.1) is 0 Å². The van der Waals surface area contributed by atoms with Gasteiger partial charge in [0.25, 0.3) is 0 Å². The average molecular weight is 227 g/mol. The summed E-state index contributed by atoms with van der Waals surface area (Å²) in [7, 11) is 0. The average Bonchev–Trinajstić information content (AvgIpc) is 2.27. The smallest absolute Gasteiger partial charge is 0.182 e. The van der Waals surface area contributed by atoms with Crippen molar-refractivity contribution in [1.29, 1.82) is 0 Å². The largest absolute Gasteiger partial charge is 0.508 e. The third-order valence-electron chi connectivity index (χ3n) is 2.27.